The van der Waals surface area contributed by atoms with Gasteiger partial charge in [-0.1, -0.05) is 23.0 Å². The van der Waals surface area contributed by atoms with Crippen molar-refractivity contribution in [1.29, 1.82) is 0 Å². The Balaban J connectivity index is 2.44. The Morgan fingerprint density at radius 1 is 1.40 bits per heavy atom. The molecule has 7 nitrogen and oxygen atoms in total. The molecule has 0 spiro atoms. The van der Waals surface area contributed by atoms with Crippen LogP contribution in [0.2, 0.25) is 0 Å². The number of pyridine rings is 1. The van der Waals surface area contributed by atoms with Crippen molar-refractivity contribution in [1.82, 2.24) is 4.98 Å². The van der Waals surface area contributed by atoms with Gasteiger partial charge in [-0.3, -0.25) is 10.1 Å². The molecule has 0 unspecified atom stereocenters. The lowest BCUT2D eigenvalue weighted by atomic mass is 10.2. The molecule has 1 heterocycles. The Kier molecular flexibility index (Phi) is 4.16. The van der Waals surface area contributed by atoms with Gasteiger partial charge in [0.1, 0.15) is 5.03 Å². The SMILES string of the molecule is NC(=NO)c1cc([N+](=O)[O-])ccc1Sc1ccccn1. The fourth-order valence-corrected chi connectivity index (χ4v) is 2.39. The highest BCUT2D eigenvalue weighted by Crippen LogP contribution is 2.31. The first-order valence-corrected chi connectivity index (χ1v) is 6.28. The predicted molar refractivity (Wildman–Crippen MR) is 74.0 cm³/mol. The van der Waals surface area contributed by atoms with Gasteiger partial charge < -0.3 is 10.9 Å². The van der Waals surface area contributed by atoms with Crippen molar-refractivity contribution in [3.05, 3.63) is 58.3 Å². The zero-order valence-electron chi connectivity index (χ0n) is 10.1. The first kappa shape index (κ1) is 13.8. The lowest BCUT2D eigenvalue weighted by Crippen LogP contribution is -2.14. The number of rotatable bonds is 4. The van der Waals surface area contributed by atoms with Crippen molar-refractivity contribution in [2.45, 2.75) is 9.92 Å². The summed E-state index contributed by atoms with van der Waals surface area (Å²) < 4.78 is 0. The van der Waals surface area contributed by atoms with Crippen LogP contribution in [-0.2, 0) is 0 Å². The third-order valence-electron chi connectivity index (χ3n) is 2.41. The van der Waals surface area contributed by atoms with Gasteiger partial charge in [-0.15, -0.1) is 0 Å². The number of nitrogens with two attached hydrogens (primary N) is 1. The lowest BCUT2D eigenvalue weighted by molar-refractivity contribution is -0.384. The Bertz CT molecular complexity index is 661. The van der Waals surface area contributed by atoms with E-state index in [9.17, 15) is 10.1 Å². The van der Waals surface area contributed by atoms with E-state index in [1.165, 1.54) is 23.9 Å². The largest absolute Gasteiger partial charge is 0.409 e. The summed E-state index contributed by atoms with van der Waals surface area (Å²) in [4.78, 5) is 15.0. The topological polar surface area (TPSA) is 115 Å². The molecule has 0 bridgehead atoms. The van der Waals surface area contributed by atoms with Crippen LogP contribution in [0.5, 0.6) is 0 Å². The fourth-order valence-electron chi connectivity index (χ4n) is 1.49. The number of hydrogen-bond donors (Lipinski definition) is 2. The van der Waals surface area contributed by atoms with Crippen molar-refractivity contribution >= 4 is 23.3 Å². The molecule has 2 aromatic rings. The molecule has 0 aliphatic rings. The summed E-state index contributed by atoms with van der Waals surface area (Å²) in [6.07, 6.45) is 1.64. The molecule has 0 radical (unpaired) electrons. The molecule has 1 aromatic carbocycles. The Labute approximate surface area is 118 Å². The van der Waals surface area contributed by atoms with Crippen molar-refractivity contribution in [3.63, 3.8) is 0 Å². The van der Waals surface area contributed by atoms with E-state index in [0.29, 0.717) is 9.92 Å². The van der Waals surface area contributed by atoms with Crippen LogP contribution in [0.15, 0.2) is 57.7 Å². The number of nitrogens with zero attached hydrogens (tertiary/aromatic N) is 3. The van der Waals surface area contributed by atoms with Crippen LogP contribution in [0, 0.1) is 10.1 Å². The van der Waals surface area contributed by atoms with Crippen LogP contribution < -0.4 is 5.73 Å². The highest BCUT2D eigenvalue weighted by atomic mass is 32.2. The van der Waals surface area contributed by atoms with Gasteiger partial charge in [0.05, 0.1) is 4.92 Å². The normalized spacial score (nSPS) is 11.3. The minimum Gasteiger partial charge on any atom is -0.409 e. The molecule has 0 saturated heterocycles. The molecule has 8 heteroatoms. The Morgan fingerprint density at radius 2 is 2.20 bits per heavy atom. The molecule has 1 aromatic heterocycles. The van der Waals surface area contributed by atoms with Crippen LogP contribution in [-0.4, -0.2) is 21.0 Å². The number of non-ortho nitro benzene ring substituents is 1. The molecular weight excluding hydrogens is 280 g/mol. The minimum atomic E-state index is -0.538. The van der Waals surface area contributed by atoms with Crippen molar-refractivity contribution in [2.75, 3.05) is 0 Å². The van der Waals surface area contributed by atoms with Crippen molar-refractivity contribution in [2.24, 2.45) is 10.9 Å². The van der Waals surface area contributed by atoms with Gasteiger partial charge in [0.25, 0.3) is 5.69 Å². The molecule has 20 heavy (non-hydrogen) atoms. The standard InChI is InChI=1S/C12H10N4O3S/c13-12(15-17)9-7-8(16(18)19)4-5-10(9)20-11-3-1-2-6-14-11/h1-7,17H,(H2,13,15). The monoisotopic (exact) mass is 290 g/mol. The van der Waals surface area contributed by atoms with Gasteiger partial charge in [-0.2, -0.15) is 0 Å². The Hall–Kier alpha value is -2.61. The third kappa shape index (κ3) is 3.04. The summed E-state index contributed by atoms with van der Waals surface area (Å²) >= 11 is 1.27. The fraction of sp³-hybridized carbons (Fsp3) is 0. The van der Waals surface area contributed by atoms with E-state index in [4.69, 9.17) is 10.9 Å². The summed E-state index contributed by atoms with van der Waals surface area (Å²) in [5.74, 6) is -0.188. The second-order valence-corrected chi connectivity index (χ2v) is 4.76. The lowest BCUT2D eigenvalue weighted by Gasteiger charge is -2.07. The van der Waals surface area contributed by atoms with Crippen LogP contribution in [0.25, 0.3) is 0 Å². The van der Waals surface area contributed by atoms with E-state index in [1.54, 1.807) is 24.4 Å². The van der Waals surface area contributed by atoms with Gasteiger partial charge in [0, 0.05) is 28.8 Å². The third-order valence-corrected chi connectivity index (χ3v) is 3.44. The van der Waals surface area contributed by atoms with E-state index < -0.39 is 4.92 Å². The molecule has 2 rings (SSSR count). The first-order valence-electron chi connectivity index (χ1n) is 5.47. The van der Waals surface area contributed by atoms with Gasteiger partial charge in [0.2, 0.25) is 0 Å². The summed E-state index contributed by atoms with van der Waals surface area (Å²) in [6, 6.07) is 9.57. The summed E-state index contributed by atoms with van der Waals surface area (Å²) in [5.41, 5.74) is 5.72. The first-order chi connectivity index (χ1) is 9.61. The van der Waals surface area contributed by atoms with Gasteiger partial charge in [-0.05, 0) is 18.2 Å². The summed E-state index contributed by atoms with van der Waals surface area (Å²) in [7, 11) is 0. The number of oxime groups is 1. The molecule has 0 atom stereocenters. The minimum absolute atomic E-state index is 0.128. The molecule has 0 saturated carbocycles. The van der Waals surface area contributed by atoms with E-state index in [2.05, 4.69) is 10.1 Å². The average molecular weight is 290 g/mol. The predicted octanol–water partition coefficient (Wildman–Crippen LogP) is 2.24. The van der Waals surface area contributed by atoms with Crippen LogP contribution in [0.4, 0.5) is 5.69 Å². The number of amidine groups is 1. The van der Waals surface area contributed by atoms with Gasteiger partial charge >= 0.3 is 0 Å². The van der Waals surface area contributed by atoms with E-state index in [-0.39, 0.29) is 17.1 Å². The van der Waals surface area contributed by atoms with E-state index in [0.717, 1.165) is 0 Å². The summed E-state index contributed by atoms with van der Waals surface area (Å²) in [6.45, 7) is 0. The molecule has 0 aliphatic carbocycles. The van der Waals surface area contributed by atoms with Gasteiger partial charge in [0.15, 0.2) is 5.84 Å². The maximum atomic E-state index is 10.8. The number of aromatic nitrogens is 1. The molecule has 3 N–H and O–H groups in total. The number of benzene rings is 1. The van der Waals surface area contributed by atoms with Crippen molar-refractivity contribution in [3.8, 4) is 0 Å². The molecule has 0 amide bonds. The van der Waals surface area contributed by atoms with Crippen LogP contribution in [0.3, 0.4) is 0 Å². The molecule has 102 valence electrons. The smallest absolute Gasteiger partial charge is 0.270 e. The quantitative estimate of drug-likeness (QED) is 0.293. The molecular formula is C12H10N4O3S. The van der Waals surface area contributed by atoms with Crippen molar-refractivity contribution < 1.29 is 10.1 Å². The number of hydrogen-bond acceptors (Lipinski definition) is 6. The van der Waals surface area contributed by atoms with E-state index in [1.807, 2.05) is 6.07 Å². The highest BCUT2D eigenvalue weighted by Gasteiger charge is 2.15. The second-order valence-electron chi connectivity index (χ2n) is 3.69. The zero-order chi connectivity index (χ0) is 14.5. The highest BCUT2D eigenvalue weighted by molar-refractivity contribution is 7.99. The summed E-state index contributed by atoms with van der Waals surface area (Å²) in [5, 5.41) is 23.2. The van der Waals surface area contributed by atoms with E-state index >= 15 is 0 Å². The van der Waals surface area contributed by atoms with Crippen LogP contribution in [0.1, 0.15) is 5.56 Å². The van der Waals surface area contributed by atoms with Crippen LogP contribution >= 0.6 is 11.8 Å². The number of nitro groups is 1. The maximum absolute atomic E-state index is 10.8. The second kappa shape index (κ2) is 6.02. The molecule has 0 fully saturated rings. The maximum Gasteiger partial charge on any atom is 0.270 e. The average Bonchev–Trinajstić information content (AvgIpc) is 2.47. The van der Waals surface area contributed by atoms with Gasteiger partial charge in [-0.25, -0.2) is 4.98 Å². The zero-order valence-corrected chi connectivity index (χ0v) is 10.9. The molecule has 0 aliphatic heterocycles. The number of nitro benzene ring substituents is 1. The Morgan fingerprint density at radius 3 is 2.80 bits per heavy atom.